The van der Waals surface area contributed by atoms with Gasteiger partial charge < -0.3 is 10.1 Å². The summed E-state index contributed by atoms with van der Waals surface area (Å²) in [5.41, 5.74) is 5.35. The van der Waals surface area contributed by atoms with E-state index in [0.29, 0.717) is 30.4 Å². The number of aromatic nitrogens is 1. The van der Waals surface area contributed by atoms with Crippen LogP contribution in [0.25, 0.3) is 10.9 Å². The zero-order valence-electron chi connectivity index (χ0n) is 20.4. The Balaban J connectivity index is 1.25. The zero-order chi connectivity index (χ0) is 25.1. The van der Waals surface area contributed by atoms with Gasteiger partial charge in [0.25, 0.3) is 0 Å². The maximum absolute atomic E-state index is 13.3. The molecule has 2 aromatic carbocycles. The Hall–Kier alpha value is -3.49. The van der Waals surface area contributed by atoms with Crippen LogP contribution in [0.2, 0.25) is 0 Å². The predicted octanol–water partition coefficient (Wildman–Crippen LogP) is 4.06. The number of benzene rings is 2. The molecule has 2 heterocycles. The van der Waals surface area contributed by atoms with Crippen molar-refractivity contribution in [2.24, 2.45) is 11.8 Å². The van der Waals surface area contributed by atoms with E-state index in [1.165, 1.54) is 0 Å². The van der Waals surface area contributed by atoms with Crippen LogP contribution in [0.1, 0.15) is 36.9 Å². The first-order chi connectivity index (χ1) is 17.5. The van der Waals surface area contributed by atoms with Crippen molar-refractivity contribution < 1.29 is 19.5 Å². The number of carbonyl (C=O) groups is 2. The number of ether oxygens (including phenoxy) is 1. The van der Waals surface area contributed by atoms with Crippen molar-refractivity contribution in [3.63, 3.8) is 0 Å². The third-order valence-corrected chi connectivity index (χ3v) is 7.09. The summed E-state index contributed by atoms with van der Waals surface area (Å²) in [4.78, 5) is 32.3. The van der Waals surface area contributed by atoms with Crippen molar-refractivity contribution in [2.75, 3.05) is 18.4 Å². The van der Waals surface area contributed by atoms with Gasteiger partial charge in [-0.25, -0.2) is 5.48 Å². The molecule has 1 aromatic heterocycles. The van der Waals surface area contributed by atoms with Crippen LogP contribution in [-0.4, -0.2) is 46.0 Å². The van der Waals surface area contributed by atoms with Gasteiger partial charge in [-0.05, 0) is 81.5 Å². The first-order valence-corrected chi connectivity index (χ1v) is 12.6. The summed E-state index contributed by atoms with van der Waals surface area (Å²) in [5.74, 6) is -0.0237. The Morgan fingerprint density at radius 2 is 1.86 bits per heavy atom. The molecule has 0 bridgehead atoms. The fourth-order valence-electron chi connectivity index (χ4n) is 5.13. The van der Waals surface area contributed by atoms with Gasteiger partial charge in [-0.1, -0.05) is 18.2 Å². The van der Waals surface area contributed by atoms with Crippen LogP contribution < -0.4 is 15.5 Å². The van der Waals surface area contributed by atoms with E-state index in [2.05, 4.69) is 15.2 Å². The molecule has 0 radical (unpaired) electrons. The molecular weight excluding hydrogens is 456 g/mol. The van der Waals surface area contributed by atoms with Crippen molar-refractivity contribution in [1.82, 2.24) is 15.4 Å². The van der Waals surface area contributed by atoms with Gasteiger partial charge in [-0.15, -0.1) is 0 Å². The first-order valence-electron chi connectivity index (χ1n) is 12.6. The van der Waals surface area contributed by atoms with Crippen LogP contribution in [0.5, 0.6) is 5.75 Å². The lowest BCUT2D eigenvalue weighted by Crippen LogP contribution is -2.56. The normalized spacial score (nSPS) is 20.2. The second-order valence-corrected chi connectivity index (χ2v) is 9.85. The Morgan fingerprint density at radius 3 is 2.61 bits per heavy atom. The fraction of sp³-hybridized carbons (Fsp3) is 0.393. The minimum absolute atomic E-state index is 0.226. The van der Waals surface area contributed by atoms with Crippen molar-refractivity contribution in [3.8, 4) is 5.75 Å². The second-order valence-electron chi connectivity index (χ2n) is 9.85. The molecule has 2 atom stereocenters. The van der Waals surface area contributed by atoms with E-state index in [9.17, 15) is 14.8 Å². The number of carbonyl (C=O) groups excluding carboxylic acids is 2. The smallest absolute Gasteiger partial charge is 0.248 e. The molecule has 1 aliphatic carbocycles. The van der Waals surface area contributed by atoms with Crippen molar-refractivity contribution in [3.05, 3.63) is 65.9 Å². The van der Waals surface area contributed by atoms with Gasteiger partial charge in [0.1, 0.15) is 18.4 Å². The van der Waals surface area contributed by atoms with Gasteiger partial charge in [0.15, 0.2) is 0 Å². The summed E-state index contributed by atoms with van der Waals surface area (Å²) in [6.45, 7) is 3.97. The number of pyridine rings is 1. The lowest BCUT2D eigenvalue weighted by atomic mass is 9.87. The van der Waals surface area contributed by atoms with Crippen LogP contribution in [0.4, 0.5) is 5.69 Å². The van der Waals surface area contributed by atoms with Gasteiger partial charge in [0.05, 0.1) is 11.4 Å². The van der Waals surface area contributed by atoms with Gasteiger partial charge >= 0.3 is 0 Å². The topological polar surface area (TPSA) is 104 Å². The van der Waals surface area contributed by atoms with Crippen LogP contribution >= 0.6 is 0 Å². The number of piperidine rings is 1. The molecule has 1 aliphatic heterocycles. The van der Waals surface area contributed by atoms with E-state index in [4.69, 9.17) is 4.74 Å². The summed E-state index contributed by atoms with van der Waals surface area (Å²) >= 11 is 0. The lowest BCUT2D eigenvalue weighted by Gasteiger charge is -2.39. The molecule has 2 aliphatic rings. The molecule has 1 saturated heterocycles. The molecule has 0 spiro atoms. The third-order valence-electron chi connectivity index (χ3n) is 7.09. The maximum atomic E-state index is 13.3. The molecule has 8 heteroatoms. The standard InChI is InChI=1S/C28H32N4O4/c1-18-15-20(23-5-2-3-7-25(23)29-18)17-36-22-12-10-21(11-13-22)30-28(34)26-24(27(33)31-35)6-4-14-32(26)16-19-8-9-19/h2-3,5,7,10-13,15,19,24,26,35H,4,6,8-9,14,16-17H2,1H3,(H,30,34)(H,31,33)/t24-,26-/m1/s1. The van der Waals surface area contributed by atoms with Crippen LogP contribution in [-0.2, 0) is 16.2 Å². The third kappa shape index (κ3) is 5.50. The molecule has 2 fully saturated rings. The minimum Gasteiger partial charge on any atom is -0.489 e. The number of hydroxylamine groups is 1. The van der Waals surface area contributed by atoms with Crippen molar-refractivity contribution >= 4 is 28.4 Å². The van der Waals surface area contributed by atoms with Crippen LogP contribution in [0, 0.1) is 18.8 Å². The van der Waals surface area contributed by atoms with E-state index >= 15 is 0 Å². The highest BCUT2D eigenvalue weighted by Crippen LogP contribution is 2.34. The van der Waals surface area contributed by atoms with Gasteiger partial charge in [0, 0.05) is 28.9 Å². The van der Waals surface area contributed by atoms with E-state index in [-0.39, 0.29) is 5.91 Å². The highest BCUT2D eigenvalue weighted by molar-refractivity contribution is 5.98. The van der Waals surface area contributed by atoms with Crippen molar-refractivity contribution in [1.29, 1.82) is 0 Å². The average molecular weight is 489 g/mol. The largest absolute Gasteiger partial charge is 0.489 e. The number of anilines is 1. The quantitative estimate of drug-likeness (QED) is 0.326. The Kier molecular flexibility index (Phi) is 7.16. The number of fused-ring (bicyclic) bond motifs is 1. The number of para-hydroxylation sites is 1. The van der Waals surface area contributed by atoms with Gasteiger partial charge in [0.2, 0.25) is 11.8 Å². The van der Waals surface area contributed by atoms with Gasteiger partial charge in [-0.3, -0.25) is 24.7 Å². The van der Waals surface area contributed by atoms with E-state index in [1.54, 1.807) is 17.6 Å². The van der Waals surface area contributed by atoms with Crippen LogP contribution in [0.3, 0.4) is 0 Å². The molecule has 8 nitrogen and oxygen atoms in total. The number of nitrogens with one attached hydrogen (secondary N) is 2. The highest BCUT2D eigenvalue weighted by Gasteiger charge is 2.42. The number of likely N-dealkylation sites (tertiary alicyclic amines) is 1. The molecule has 0 unspecified atom stereocenters. The molecule has 5 rings (SSSR count). The number of rotatable bonds is 8. The SMILES string of the molecule is Cc1cc(COc2ccc(NC(=O)[C@H]3[C@H](C(=O)NO)CCCN3CC3CC3)cc2)c2ccccc2n1. The van der Waals surface area contributed by atoms with Crippen LogP contribution in [0.15, 0.2) is 54.6 Å². The fourth-order valence-corrected chi connectivity index (χ4v) is 5.13. The summed E-state index contributed by atoms with van der Waals surface area (Å²) < 4.78 is 6.03. The summed E-state index contributed by atoms with van der Waals surface area (Å²) in [5, 5.41) is 13.3. The van der Waals surface area contributed by atoms with Gasteiger partial charge in [-0.2, -0.15) is 0 Å². The summed E-state index contributed by atoms with van der Waals surface area (Å²) in [6, 6.07) is 16.7. The van der Waals surface area contributed by atoms with E-state index in [0.717, 1.165) is 54.5 Å². The lowest BCUT2D eigenvalue weighted by molar-refractivity contribution is -0.142. The molecular formula is C28H32N4O4. The minimum atomic E-state index is -0.606. The van der Waals surface area contributed by atoms with E-state index in [1.807, 2.05) is 49.4 Å². The number of aryl methyl sites for hydroxylation is 1. The molecule has 188 valence electrons. The molecule has 2 amide bonds. The molecule has 36 heavy (non-hydrogen) atoms. The Bertz CT molecular complexity index is 1240. The average Bonchev–Trinajstić information content (AvgIpc) is 3.71. The zero-order valence-corrected chi connectivity index (χ0v) is 20.4. The number of hydrogen-bond acceptors (Lipinski definition) is 6. The summed E-state index contributed by atoms with van der Waals surface area (Å²) in [7, 11) is 0. The number of hydrogen-bond donors (Lipinski definition) is 3. The predicted molar refractivity (Wildman–Crippen MR) is 137 cm³/mol. The Morgan fingerprint density at radius 1 is 1.08 bits per heavy atom. The number of amides is 2. The number of nitrogens with zero attached hydrogens (tertiary/aromatic N) is 2. The molecule has 1 saturated carbocycles. The van der Waals surface area contributed by atoms with Crippen molar-refractivity contribution in [2.45, 2.75) is 45.3 Å². The monoisotopic (exact) mass is 488 g/mol. The first kappa shape index (κ1) is 24.2. The molecule has 3 N–H and O–H groups in total. The second kappa shape index (κ2) is 10.6. The maximum Gasteiger partial charge on any atom is 0.248 e. The Labute approximate surface area is 210 Å². The highest BCUT2D eigenvalue weighted by atomic mass is 16.5. The van der Waals surface area contributed by atoms with E-state index < -0.39 is 17.9 Å². The molecule has 3 aromatic rings. The summed E-state index contributed by atoms with van der Waals surface area (Å²) in [6.07, 6.45) is 3.73.